The molecule has 1 fully saturated rings. The number of hydrogen-bond acceptors (Lipinski definition) is 9. The lowest BCUT2D eigenvalue weighted by atomic mass is 10.1. The first-order chi connectivity index (χ1) is 19.9. The van der Waals surface area contributed by atoms with E-state index in [-0.39, 0.29) is 59.8 Å². The largest absolute Gasteiger partial charge is 0.496 e. The second kappa shape index (κ2) is 12.5. The summed E-state index contributed by atoms with van der Waals surface area (Å²) in [4.78, 5) is 65.6. The van der Waals surface area contributed by atoms with Crippen LogP contribution in [0.25, 0.3) is 11.6 Å². The fourth-order valence-corrected chi connectivity index (χ4v) is 4.76. The van der Waals surface area contributed by atoms with E-state index in [9.17, 15) is 28.7 Å². The molecule has 1 saturated heterocycles. The number of nitrogens with two attached hydrogens (primary N) is 1. The van der Waals surface area contributed by atoms with Crippen molar-refractivity contribution in [2.45, 2.75) is 13.7 Å². The summed E-state index contributed by atoms with van der Waals surface area (Å²) in [5.74, 6) is -1.65. The summed E-state index contributed by atoms with van der Waals surface area (Å²) in [6.07, 6.45) is 3.79. The first-order valence-corrected chi connectivity index (χ1v) is 14.1. The molecule has 0 atom stereocenters. The van der Waals surface area contributed by atoms with Crippen molar-refractivity contribution in [3.63, 3.8) is 0 Å². The molecule has 2 amide bonds. The lowest BCUT2D eigenvalue weighted by Crippen LogP contribution is -2.52. The molecule has 0 spiro atoms. The van der Waals surface area contributed by atoms with Gasteiger partial charge in [-0.3, -0.25) is 18.9 Å². The second-order valence-corrected chi connectivity index (χ2v) is 10.4. The Morgan fingerprint density at radius 2 is 1.76 bits per heavy atom. The van der Waals surface area contributed by atoms with Crippen LogP contribution in [0.2, 0.25) is 0 Å². The molecule has 0 saturated carbocycles. The molecule has 1 aromatic carbocycles. The van der Waals surface area contributed by atoms with Crippen LogP contribution in [0.5, 0.6) is 0 Å². The zero-order chi connectivity index (χ0) is 30.6. The van der Waals surface area contributed by atoms with Crippen LogP contribution in [0.1, 0.15) is 26.5 Å². The number of carbonyl (C=O) groups excluding carboxylic acids is 3. The highest BCUT2D eigenvalue weighted by molar-refractivity contribution is 7.46. The molecule has 0 radical (unpaired) electrons. The van der Waals surface area contributed by atoms with Crippen molar-refractivity contribution in [3.8, 4) is 0 Å². The number of carbonyl (C=O) groups is 3. The summed E-state index contributed by atoms with van der Waals surface area (Å²) < 4.78 is 24.0. The quantitative estimate of drug-likeness (QED) is 0.157. The molecule has 222 valence electrons. The zero-order valence-corrected chi connectivity index (χ0v) is 23.8. The number of nitrogens with zero attached hydrogens (tertiary/aromatic N) is 6. The minimum absolute atomic E-state index is 0.0135. The summed E-state index contributed by atoms with van der Waals surface area (Å²) in [6, 6.07) is 8.74. The zero-order valence-electron chi connectivity index (χ0n) is 22.9. The van der Waals surface area contributed by atoms with E-state index in [0.717, 1.165) is 4.57 Å². The molecule has 16 heteroatoms. The van der Waals surface area contributed by atoms with Gasteiger partial charge >= 0.3 is 7.82 Å². The van der Waals surface area contributed by atoms with E-state index in [2.05, 4.69) is 21.2 Å². The highest BCUT2D eigenvalue weighted by atomic mass is 31.2. The molecule has 0 aliphatic carbocycles. The van der Waals surface area contributed by atoms with Crippen LogP contribution >= 0.6 is 7.82 Å². The molecule has 1 aliphatic heterocycles. The van der Waals surface area contributed by atoms with Gasteiger partial charge in [-0.15, -0.1) is 0 Å². The van der Waals surface area contributed by atoms with E-state index in [4.69, 9.17) is 10.5 Å². The number of rotatable bonds is 9. The van der Waals surface area contributed by atoms with Gasteiger partial charge in [-0.1, -0.05) is 24.8 Å². The van der Waals surface area contributed by atoms with Crippen molar-refractivity contribution >= 4 is 37.0 Å². The van der Waals surface area contributed by atoms with Gasteiger partial charge in [0.05, 0.1) is 23.2 Å². The number of hydrogen-bond donors (Lipinski definition) is 3. The van der Waals surface area contributed by atoms with Crippen molar-refractivity contribution in [1.29, 1.82) is 0 Å². The molecule has 4 rings (SSSR count). The normalized spacial score (nSPS) is 15.2. The Labute approximate surface area is 240 Å². The molecule has 4 N–H and O–H groups in total. The van der Waals surface area contributed by atoms with Gasteiger partial charge in [-0.25, -0.2) is 14.2 Å². The van der Waals surface area contributed by atoms with Crippen LogP contribution in [0.15, 0.2) is 55.5 Å². The average Bonchev–Trinajstić information content (AvgIpc) is 3.59. The third-order valence-corrected chi connectivity index (χ3v) is 6.96. The van der Waals surface area contributed by atoms with Crippen LogP contribution < -0.4 is 16.3 Å². The Morgan fingerprint density at radius 1 is 1.12 bits per heavy atom. The van der Waals surface area contributed by atoms with Crippen LogP contribution in [-0.4, -0.2) is 89.8 Å². The van der Waals surface area contributed by atoms with Gasteiger partial charge in [-0.05, 0) is 25.1 Å². The summed E-state index contributed by atoms with van der Waals surface area (Å²) in [6.45, 7) is 5.26. The van der Waals surface area contributed by atoms with E-state index in [0.29, 0.717) is 11.4 Å². The summed E-state index contributed by atoms with van der Waals surface area (Å²) in [5.41, 5.74) is 6.75. The topological polar surface area (TPSA) is 195 Å². The number of piperazine rings is 1. The number of phosphoric acid groups is 1. The predicted octanol–water partition coefficient (Wildman–Crippen LogP) is -0.865. The molecular formula is C26H30N7O8P. The molecule has 3 heterocycles. The van der Waals surface area contributed by atoms with Gasteiger partial charge in [-0.2, -0.15) is 5.10 Å². The van der Waals surface area contributed by atoms with Crippen LogP contribution in [-0.2, 0) is 25.4 Å². The average molecular weight is 600 g/mol. The van der Waals surface area contributed by atoms with E-state index in [1.807, 2.05) is 0 Å². The van der Waals surface area contributed by atoms with E-state index < -0.39 is 26.2 Å². The first kappa shape index (κ1) is 30.4. The number of aromatic nitrogens is 4. The van der Waals surface area contributed by atoms with E-state index in [1.54, 1.807) is 42.2 Å². The van der Waals surface area contributed by atoms with Crippen molar-refractivity contribution in [3.05, 3.63) is 83.0 Å². The Hall–Kier alpha value is -4.56. The minimum Gasteiger partial charge on any atom is -0.496 e. The highest BCUT2D eigenvalue weighted by Gasteiger charge is 2.31. The van der Waals surface area contributed by atoms with Gasteiger partial charge in [0.1, 0.15) is 24.6 Å². The Morgan fingerprint density at radius 3 is 2.31 bits per heavy atom. The number of phosphoric ester groups is 1. The van der Waals surface area contributed by atoms with E-state index in [1.165, 1.54) is 35.3 Å². The Bertz CT molecular complexity index is 1680. The molecule has 2 aromatic heterocycles. The smallest absolute Gasteiger partial charge is 0.471 e. The SMILES string of the molecule is C=C/C(OC)=c1/c(C(=O)C(=O)N2CCN(C(=O)c3ccccc3)CC2)cn(COP(=O)(O)O)/c1=C(/N)n1cnc(C)n1. The van der Waals surface area contributed by atoms with Crippen molar-refractivity contribution in [1.82, 2.24) is 29.1 Å². The fourth-order valence-electron chi connectivity index (χ4n) is 4.48. The van der Waals surface area contributed by atoms with E-state index >= 15 is 0 Å². The molecule has 0 bridgehead atoms. The number of benzene rings is 1. The maximum absolute atomic E-state index is 13.7. The first-order valence-electron chi connectivity index (χ1n) is 12.6. The third-order valence-electron chi connectivity index (χ3n) is 6.50. The van der Waals surface area contributed by atoms with Crippen molar-refractivity contribution < 1.29 is 38.0 Å². The molecule has 15 nitrogen and oxygen atoms in total. The van der Waals surface area contributed by atoms with Crippen LogP contribution in [0, 0.1) is 6.92 Å². The maximum atomic E-state index is 13.7. The maximum Gasteiger partial charge on any atom is 0.471 e. The molecule has 1 aliphatic rings. The number of ether oxygens (including phenoxy) is 1. The number of Topliss-reactive ketones (excluding diaryl/α,β-unsaturated/α-hetero) is 1. The molecule has 0 unspecified atom stereocenters. The monoisotopic (exact) mass is 599 g/mol. The minimum atomic E-state index is -4.95. The highest BCUT2D eigenvalue weighted by Crippen LogP contribution is 2.35. The van der Waals surface area contributed by atoms with Gasteiger partial charge < -0.3 is 34.6 Å². The second-order valence-electron chi connectivity index (χ2n) is 9.16. The lowest BCUT2D eigenvalue weighted by molar-refractivity contribution is -0.127. The van der Waals surface area contributed by atoms with Gasteiger partial charge in [0, 0.05) is 37.9 Å². The Balaban J connectivity index is 1.74. The molecule has 42 heavy (non-hydrogen) atoms. The van der Waals surface area contributed by atoms with Gasteiger partial charge in [0.25, 0.3) is 17.6 Å². The van der Waals surface area contributed by atoms with Crippen molar-refractivity contribution in [2.75, 3.05) is 33.3 Å². The number of amides is 2. The fraction of sp³-hybridized carbons (Fsp3) is 0.269. The van der Waals surface area contributed by atoms with Crippen molar-refractivity contribution in [2.24, 2.45) is 5.73 Å². The predicted molar refractivity (Wildman–Crippen MR) is 148 cm³/mol. The number of ketones is 1. The summed E-state index contributed by atoms with van der Waals surface area (Å²) in [7, 11) is -3.63. The third kappa shape index (κ3) is 6.50. The lowest BCUT2D eigenvalue weighted by Gasteiger charge is -2.34. The van der Waals surface area contributed by atoms with Crippen LogP contribution in [0.3, 0.4) is 0 Å². The number of methoxy groups -OCH3 is 1. The van der Waals surface area contributed by atoms with Gasteiger partial charge in [0.15, 0.2) is 5.82 Å². The molecule has 3 aromatic rings. The van der Waals surface area contributed by atoms with Gasteiger partial charge in [0.2, 0.25) is 0 Å². The summed E-state index contributed by atoms with van der Waals surface area (Å²) in [5, 5.41) is 4.21. The number of aryl methyl sites for hydroxylation is 1. The standard InChI is InChI=1S/C26H30N7O8P/c1-4-20(40-3)21-19(14-32(16-41-42(37,38)39)22(21)24(27)33-15-28-17(2)29-33)23(34)26(36)31-12-10-30(11-13-31)25(35)18-8-6-5-7-9-18/h4-9,14-15H,1,10-13,16,27H2,2-3H3,(H2,37,38,39)/b21-20+,24-22-. The van der Waals surface area contributed by atoms with Crippen LogP contribution in [0.4, 0.5) is 0 Å². The summed E-state index contributed by atoms with van der Waals surface area (Å²) >= 11 is 0. The Kier molecular flexibility index (Phi) is 9.07. The molecular weight excluding hydrogens is 569 g/mol.